The molecule has 0 unspecified atom stereocenters. The van der Waals surface area contributed by atoms with E-state index < -0.39 is 0 Å². The van der Waals surface area contributed by atoms with Crippen molar-refractivity contribution in [1.29, 1.82) is 0 Å². The van der Waals surface area contributed by atoms with Gasteiger partial charge in [0.15, 0.2) is 0 Å². The maximum Gasteiger partial charge on any atom is 0.0593 e. The Labute approximate surface area is 107 Å². The molecule has 1 saturated heterocycles. The van der Waals surface area contributed by atoms with Crippen LogP contribution in [0.3, 0.4) is 0 Å². The highest BCUT2D eigenvalue weighted by Crippen LogP contribution is 2.16. The lowest BCUT2D eigenvalue weighted by molar-refractivity contribution is 0.0955. The zero-order chi connectivity index (χ0) is 12.5. The number of hydrogen-bond donors (Lipinski definition) is 1. The van der Waals surface area contributed by atoms with Crippen molar-refractivity contribution < 1.29 is 4.74 Å². The SMILES string of the molecule is CCOCCN1CCC(CNCC(C)C)CC1. The van der Waals surface area contributed by atoms with Gasteiger partial charge in [-0.25, -0.2) is 0 Å². The molecule has 0 radical (unpaired) electrons. The first kappa shape index (κ1) is 14.9. The minimum absolute atomic E-state index is 0.765. The molecule has 0 saturated carbocycles. The fourth-order valence-corrected chi connectivity index (χ4v) is 2.33. The molecule has 0 aromatic rings. The molecule has 0 atom stereocenters. The van der Waals surface area contributed by atoms with Gasteiger partial charge in [0.25, 0.3) is 0 Å². The maximum absolute atomic E-state index is 5.40. The van der Waals surface area contributed by atoms with Crippen LogP contribution in [0, 0.1) is 11.8 Å². The van der Waals surface area contributed by atoms with Crippen molar-refractivity contribution in [3.8, 4) is 0 Å². The highest BCUT2D eigenvalue weighted by atomic mass is 16.5. The molecule has 0 spiro atoms. The predicted molar refractivity (Wildman–Crippen MR) is 73.4 cm³/mol. The van der Waals surface area contributed by atoms with Crippen LogP contribution in [0.25, 0.3) is 0 Å². The third kappa shape index (κ3) is 7.02. The quantitative estimate of drug-likeness (QED) is 0.659. The molecule has 3 heteroatoms. The summed E-state index contributed by atoms with van der Waals surface area (Å²) < 4.78 is 5.40. The number of hydrogen-bond acceptors (Lipinski definition) is 3. The van der Waals surface area contributed by atoms with Crippen LogP contribution in [0.2, 0.25) is 0 Å². The van der Waals surface area contributed by atoms with Crippen LogP contribution in [0.5, 0.6) is 0 Å². The fourth-order valence-electron chi connectivity index (χ4n) is 2.33. The second kappa shape index (κ2) is 8.90. The third-order valence-corrected chi connectivity index (χ3v) is 3.45. The van der Waals surface area contributed by atoms with Crippen LogP contribution in [0.15, 0.2) is 0 Å². The molecular formula is C14H30N2O. The predicted octanol–water partition coefficient (Wildman–Crippen LogP) is 1.98. The van der Waals surface area contributed by atoms with Gasteiger partial charge in [0, 0.05) is 13.2 Å². The van der Waals surface area contributed by atoms with E-state index in [-0.39, 0.29) is 0 Å². The first-order valence-electron chi connectivity index (χ1n) is 7.23. The minimum Gasteiger partial charge on any atom is -0.380 e. The molecule has 3 nitrogen and oxygen atoms in total. The molecule has 1 fully saturated rings. The summed E-state index contributed by atoms with van der Waals surface area (Å²) in [6, 6.07) is 0. The van der Waals surface area contributed by atoms with Crippen LogP contribution in [-0.2, 0) is 4.74 Å². The van der Waals surface area contributed by atoms with Gasteiger partial charge >= 0.3 is 0 Å². The van der Waals surface area contributed by atoms with Gasteiger partial charge in [-0.2, -0.15) is 0 Å². The van der Waals surface area contributed by atoms with Crippen molar-refractivity contribution in [2.45, 2.75) is 33.6 Å². The molecule has 0 aromatic heterocycles. The van der Waals surface area contributed by atoms with Gasteiger partial charge in [0.2, 0.25) is 0 Å². The van der Waals surface area contributed by atoms with Gasteiger partial charge in [-0.1, -0.05) is 13.8 Å². The number of piperidine rings is 1. The van der Waals surface area contributed by atoms with Crippen LogP contribution in [0.4, 0.5) is 0 Å². The maximum atomic E-state index is 5.40. The lowest BCUT2D eigenvalue weighted by Gasteiger charge is -2.32. The summed E-state index contributed by atoms with van der Waals surface area (Å²) in [7, 11) is 0. The van der Waals surface area contributed by atoms with E-state index in [1.165, 1.54) is 32.5 Å². The van der Waals surface area contributed by atoms with Gasteiger partial charge in [-0.15, -0.1) is 0 Å². The van der Waals surface area contributed by atoms with Crippen molar-refractivity contribution in [2.75, 3.05) is 45.9 Å². The minimum atomic E-state index is 0.765. The van der Waals surface area contributed by atoms with E-state index in [4.69, 9.17) is 4.74 Å². The van der Waals surface area contributed by atoms with Crippen molar-refractivity contribution in [2.24, 2.45) is 11.8 Å². The standard InChI is InChI=1S/C14H30N2O/c1-4-17-10-9-16-7-5-14(6-8-16)12-15-11-13(2)3/h13-15H,4-12H2,1-3H3. The lowest BCUT2D eigenvalue weighted by atomic mass is 9.96. The lowest BCUT2D eigenvalue weighted by Crippen LogP contribution is -2.39. The Hall–Kier alpha value is -0.120. The van der Waals surface area contributed by atoms with Gasteiger partial charge in [0.05, 0.1) is 6.61 Å². The molecule has 1 N–H and O–H groups in total. The van der Waals surface area contributed by atoms with E-state index >= 15 is 0 Å². The average Bonchev–Trinajstić information content (AvgIpc) is 2.31. The Morgan fingerprint density at radius 2 is 2.00 bits per heavy atom. The Balaban J connectivity index is 2.01. The Bertz CT molecular complexity index is 177. The molecular weight excluding hydrogens is 212 g/mol. The number of nitrogens with zero attached hydrogens (tertiary/aromatic N) is 1. The Morgan fingerprint density at radius 1 is 1.29 bits per heavy atom. The van der Waals surface area contributed by atoms with E-state index in [9.17, 15) is 0 Å². The van der Waals surface area contributed by atoms with Gasteiger partial charge in [-0.3, -0.25) is 0 Å². The summed E-state index contributed by atoms with van der Waals surface area (Å²) in [5.41, 5.74) is 0. The Morgan fingerprint density at radius 3 is 2.59 bits per heavy atom. The van der Waals surface area contributed by atoms with Gasteiger partial charge in [-0.05, 0) is 57.8 Å². The fraction of sp³-hybridized carbons (Fsp3) is 1.00. The van der Waals surface area contributed by atoms with E-state index in [1.807, 2.05) is 0 Å². The zero-order valence-electron chi connectivity index (χ0n) is 11.9. The van der Waals surface area contributed by atoms with Crippen molar-refractivity contribution >= 4 is 0 Å². The monoisotopic (exact) mass is 242 g/mol. The van der Waals surface area contributed by atoms with Crippen LogP contribution >= 0.6 is 0 Å². The summed E-state index contributed by atoms with van der Waals surface area (Å²) in [4.78, 5) is 2.54. The third-order valence-electron chi connectivity index (χ3n) is 3.45. The first-order valence-corrected chi connectivity index (χ1v) is 7.23. The molecule has 1 aliphatic rings. The van der Waals surface area contributed by atoms with E-state index in [1.54, 1.807) is 0 Å². The zero-order valence-corrected chi connectivity index (χ0v) is 11.9. The molecule has 0 aromatic carbocycles. The van der Waals surface area contributed by atoms with E-state index in [0.717, 1.165) is 38.1 Å². The van der Waals surface area contributed by atoms with Crippen molar-refractivity contribution in [1.82, 2.24) is 10.2 Å². The average molecular weight is 242 g/mol. The molecule has 0 bridgehead atoms. The molecule has 1 rings (SSSR count). The largest absolute Gasteiger partial charge is 0.380 e. The second-order valence-corrected chi connectivity index (χ2v) is 5.53. The number of nitrogens with one attached hydrogen (secondary N) is 1. The summed E-state index contributed by atoms with van der Waals surface area (Å²) in [6.45, 7) is 14.3. The summed E-state index contributed by atoms with van der Waals surface area (Å²) in [5, 5.41) is 3.58. The van der Waals surface area contributed by atoms with Crippen LogP contribution < -0.4 is 5.32 Å². The molecule has 1 heterocycles. The van der Waals surface area contributed by atoms with Gasteiger partial charge < -0.3 is 15.0 Å². The molecule has 1 aliphatic heterocycles. The normalized spacial score (nSPS) is 19.1. The van der Waals surface area contributed by atoms with Crippen LogP contribution in [0.1, 0.15) is 33.6 Å². The molecule has 17 heavy (non-hydrogen) atoms. The van der Waals surface area contributed by atoms with Crippen molar-refractivity contribution in [3.05, 3.63) is 0 Å². The Kier molecular flexibility index (Phi) is 7.82. The number of likely N-dealkylation sites (tertiary alicyclic amines) is 1. The molecule has 0 aliphatic carbocycles. The van der Waals surface area contributed by atoms with E-state index in [2.05, 4.69) is 31.0 Å². The highest BCUT2D eigenvalue weighted by Gasteiger charge is 2.18. The second-order valence-electron chi connectivity index (χ2n) is 5.53. The first-order chi connectivity index (χ1) is 8.22. The molecule has 0 amide bonds. The smallest absolute Gasteiger partial charge is 0.0593 e. The molecule has 102 valence electrons. The van der Waals surface area contributed by atoms with E-state index in [0.29, 0.717) is 0 Å². The highest BCUT2D eigenvalue weighted by molar-refractivity contribution is 4.73. The van der Waals surface area contributed by atoms with Crippen molar-refractivity contribution in [3.63, 3.8) is 0 Å². The summed E-state index contributed by atoms with van der Waals surface area (Å²) in [5.74, 6) is 1.65. The topological polar surface area (TPSA) is 24.5 Å². The summed E-state index contributed by atoms with van der Waals surface area (Å²) in [6.07, 6.45) is 2.69. The number of ether oxygens (including phenoxy) is 1. The van der Waals surface area contributed by atoms with Crippen LogP contribution in [-0.4, -0.2) is 50.8 Å². The summed E-state index contributed by atoms with van der Waals surface area (Å²) >= 11 is 0. The van der Waals surface area contributed by atoms with Gasteiger partial charge in [0.1, 0.15) is 0 Å². The number of rotatable bonds is 8.